The van der Waals surface area contributed by atoms with Crippen LogP contribution in [-0.4, -0.2) is 56.0 Å². The highest BCUT2D eigenvalue weighted by Gasteiger charge is 2.47. The van der Waals surface area contributed by atoms with E-state index in [-0.39, 0.29) is 35.4 Å². The molecule has 4 fully saturated rings. The summed E-state index contributed by atoms with van der Waals surface area (Å²) >= 11 is 1.68. The molecule has 8 nitrogen and oxygen atoms in total. The average Bonchev–Trinajstić information content (AvgIpc) is 3.60. The van der Waals surface area contributed by atoms with Gasteiger partial charge in [-0.05, 0) is 62.6 Å². The largest absolute Gasteiger partial charge is 0.371 e. The van der Waals surface area contributed by atoms with Crippen molar-refractivity contribution in [3.8, 4) is 16.5 Å². The second-order valence-corrected chi connectivity index (χ2v) is 14.8. The molecule has 208 valence electrons. The number of nitriles is 1. The van der Waals surface area contributed by atoms with E-state index in [1.807, 2.05) is 0 Å². The molecule has 39 heavy (non-hydrogen) atoms. The summed E-state index contributed by atoms with van der Waals surface area (Å²) in [5, 5.41) is 13.6. The lowest BCUT2D eigenvalue weighted by atomic mass is 9.76. The molecule has 2 aliphatic carbocycles. The minimum absolute atomic E-state index is 0.00353. The molecule has 0 spiro atoms. The molecule has 0 radical (unpaired) electrons. The maximum Gasteiger partial charge on any atom is 0.225 e. The first-order chi connectivity index (χ1) is 18.9. The Balaban J connectivity index is 1.31. The van der Waals surface area contributed by atoms with Crippen LogP contribution in [0.5, 0.6) is 0 Å². The molecule has 0 bridgehead atoms. The number of amides is 1. The topological polar surface area (TPSA) is 112 Å². The normalized spacial score (nSPS) is 27.9. The van der Waals surface area contributed by atoms with Gasteiger partial charge < -0.3 is 15.0 Å². The van der Waals surface area contributed by atoms with Crippen LogP contribution in [0.4, 0.5) is 5.69 Å². The first kappa shape index (κ1) is 26.7. The fraction of sp³-hybridized carbons (Fsp3) is 0.621. The van der Waals surface area contributed by atoms with Crippen molar-refractivity contribution < 1.29 is 17.9 Å². The number of rotatable bonds is 6. The summed E-state index contributed by atoms with van der Waals surface area (Å²) in [6.07, 6.45) is 8.39. The number of aromatic nitrogens is 1. The third-order valence-electron chi connectivity index (χ3n) is 8.74. The standard InChI is InChI=1S/C29H36N4O4S2/c30-19-29(12-13-29)32-27(34)23-6-2-1-5-22(23)25-26(38-28(31-25)24-7-3-4-16-37-24)20-8-10-21(11-9-20)33-14-17-39(35,36)18-15-33/h8-11,22-24H,1-7,12-18H2,(H,32,34)/t22?,23?,24-/m0/s1. The van der Waals surface area contributed by atoms with Crippen LogP contribution in [0.2, 0.25) is 0 Å². The van der Waals surface area contributed by atoms with Crippen LogP contribution < -0.4 is 10.2 Å². The number of thiazole rings is 1. The second kappa shape index (κ2) is 10.8. The lowest BCUT2D eigenvalue weighted by Crippen LogP contribution is -2.42. The maximum absolute atomic E-state index is 13.5. The monoisotopic (exact) mass is 568 g/mol. The van der Waals surface area contributed by atoms with Gasteiger partial charge in [0.2, 0.25) is 5.91 Å². The van der Waals surface area contributed by atoms with E-state index >= 15 is 0 Å². The number of nitrogens with one attached hydrogen (secondary N) is 1. The van der Waals surface area contributed by atoms with Gasteiger partial charge in [-0.3, -0.25) is 4.79 Å². The minimum Gasteiger partial charge on any atom is -0.371 e. The van der Waals surface area contributed by atoms with Crippen LogP contribution in [0.3, 0.4) is 0 Å². The van der Waals surface area contributed by atoms with Gasteiger partial charge in [0.15, 0.2) is 9.84 Å². The maximum atomic E-state index is 13.5. The van der Waals surface area contributed by atoms with Crippen LogP contribution in [0.1, 0.15) is 80.5 Å². The number of ether oxygens (including phenoxy) is 1. The zero-order valence-corrected chi connectivity index (χ0v) is 23.9. The van der Waals surface area contributed by atoms with Gasteiger partial charge in [0, 0.05) is 37.2 Å². The Hall–Kier alpha value is -2.48. The van der Waals surface area contributed by atoms with Gasteiger partial charge in [0.1, 0.15) is 16.7 Å². The zero-order valence-electron chi connectivity index (χ0n) is 22.2. The first-order valence-corrected chi connectivity index (χ1v) is 16.9. The molecular weight excluding hydrogens is 532 g/mol. The predicted molar refractivity (Wildman–Crippen MR) is 151 cm³/mol. The van der Waals surface area contributed by atoms with Gasteiger partial charge >= 0.3 is 0 Å². The van der Waals surface area contributed by atoms with Crippen molar-refractivity contribution in [3.05, 3.63) is 35.0 Å². The molecule has 3 heterocycles. The Kier molecular flexibility index (Phi) is 7.42. The van der Waals surface area contributed by atoms with Crippen molar-refractivity contribution in [1.82, 2.24) is 10.3 Å². The Morgan fingerprint density at radius 3 is 2.46 bits per heavy atom. The molecule has 1 amide bonds. The highest BCUT2D eigenvalue weighted by molar-refractivity contribution is 7.91. The summed E-state index contributed by atoms with van der Waals surface area (Å²) in [5.74, 6) is 0.181. The van der Waals surface area contributed by atoms with Gasteiger partial charge in [-0.25, -0.2) is 13.4 Å². The van der Waals surface area contributed by atoms with Gasteiger partial charge in [0.25, 0.3) is 0 Å². The zero-order chi connectivity index (χ0) is 27.0. The number of carbonyl (C=O) groups excluding carboxylic acids is 1. The number of nitrogens with zero attached hydrogens (tertiary/aromatic N) is 3. The molecule has 4 aliphatic rings. The Morgan fingerprint density at radius 1 is 1.08 bits per heavy atom. The van der Waals surface area contributed by atoms with Gasteiger partial charge in [-0.15, -0.1) is 11.3 Å². The molecule has 3 atom stereocenters. The number of sulfone groups is 1. The number of anilines is 1. The van der Waals surface area contributed by atoms with Crippen LogP contribution in [0.25, 0.3) is 10.4 Å². The van der Waals surface area contributed by atoms with Crippen LogP contribution in [0.15, 0.2) is 24.3 Å². The fourth-order valence-corrected chi connectivity index (χ4v) is 8.59. The lowest BCUT2D eigenvalue weighted by molar-refractivity contribution is -0.127. The van der Waals surface area contributed by atoms with E-state index in [1.165, 1.54) is 0 Å². The molecule has 2 aliphatic heterocycles. The van der Waals surface area contributed by atoms with Crippen molar-refractivity contribution in [3.63, 3.8) is 0 Å². The van der Waals surface area contributed by atoms with E-state index < -0.39 is 15.4 Å². The average molecular weight is 569 g/mol. The second-order valence-electron chi connectivity index (χ2n) is 11.5. The number of carbonyl (C=O) groups is 1. The van der Waals surface area contributed by atoms with Crippen molar-refractivity contribution in [2.45, 2.75) is 75.3 Å². The number of hydrogen-bond donors (Lipinski definition) is 1. The van der Waals surface area contributed by atoms with E-state index in [4.69, 9.17) is 9.72 Å². The third kappa shape index (κ3) is 5.72. The molecule has 10 heteroatoms. The van der Waals surface area contributed by atoms with E-state index in [9.17, 15) is 18.5 Å². The lowest BCUT2D eigenvalue weighted by Gasteiger charge is -2.31. The van der Waals surface area contributed by atoms with Crippen molar-refractivity contribution >= 4 is 32.8 Å². The van der Waals surface area contributed by atoms with Crippen molar-refractivity contribution in [2.24, 2.45) is 5.92 Å². The molecule has 2 unspecified atom stereocenters. The predicted octanol–water partition coefficient (Wildman–Crippen LogP) is 4.73. The van der Waals surface area contributed by atoms with E-state index in [0.29, 0.717) is 13.1 Å². The van der Waals surface area contributed by atoms with Gasteiger partial charge in [0.05, 0.1) is 28.1 Å². The summed E-state index contributed by atoms with van der Waals surface area (Å²) in [6.45, 7) is 1.78. The Labute approximate surface area is 234 Å². The highest BCUT2D eigenvalue weighted by atomic mass is 32.2. The van der Waals surface area contributed by atoms with Gasteiger partial charge in [-0.1, -0.05) is 25.0 Å². The molecule has 2 saturated heterocycles. The molecular formula is C29H36N4O4S2. The summed E-state index contributed by atoms with van der Waals surface area (Å²) < 4.78 is 29.9. The quantitative estimate of drug-likeness (QED) is 0.536. The number of hydrogen-bond acceptors (Lipinski definition) is 8. The highest BCUT2D eigenvalue weighted by Crippen LogP contribution is 2.47. The summed E-state index contributed by atoms with van der Waals surface area (Å²) in [5.41, 5.74) is 2.41. The smallest absolute Gasteiger partial charge is 0.225 e. The molecule has 2 aromatic rings. The summed E-state index contributed by atoms with van der Waals surface area (Å²) in [6, 6.07) is 10.7. The number of benzene rings is 1. The van der Waals surface area contributed by atoms with Crippen LogP contribution in [0, 0.1) is 17.2 Å². The Bertz CT molecular complexity index is 1340. The first-order valence-electron chi connectivity index (χ1n) is 14.3. The van der Waals surface area contributed by atoms with Gasteiger partial charge in [-0.2, -0.15) is 5.26 Å². The third-order valence-corrected chi connectivity index (χ3v) is 11.6. The van der Waals surface area contributed by atoms with Crippen LogP contribution >= 0.6 is 11.3 Å². The molecule has 2 saturated carbocycles. The fourth-order valence-electron chi connectivity index (χ4n) is 6.16. The summed E-state index contributed by atoms with van der Waals surface area (Å²) in [7, 11) is -2.93. The molecule has 1 aromatic carbocycles. The van der Waals surface area contributed by atoms with Crippen LogP contribution in [-0.2, 0) is 19.4 Å². The SMILES string of the molecule is N#CC1(NC(=O)C2CCCCC2c2nc([C@@H]3CCCCO3)sc2-c2ccc(N3CCS(=O)(=O)CC3)cc2)CC1. The van der Waals surface area contributed by atoms with E-state index in [1.54, 1.807) is 11.3 Å². The Morgan fingerprint density at radius 2 is 1.79 bits per heavy atom. The molecule has 1 aromatic heterocycles. The van der Waals surface area contributed by atoms with Crippen molar-refractivity contribution in [2.75, 3.05) is 36.1 Å². The molecule has 1 N–H and O–H groups in total. The van der Waals surface area contributed by atoms with E-state index in [2.05, 4.69) is 40.6 Å². The van der Waals surface area contributed by atoms with E-state index in [0.717, 1.165) is 91.2 Å². The molecule has 6 rings (SSSR count). The van der Waals surface area contributed by atoms with Crippen molar-refractivity contribution in [1.29, 1.82) is 5.26 Å². The summed E-state index contributed by atoms with van der Waals surface area (Å²) in [4.78, 5) is 21.9. The minimum atomic E-state index is -2.93.